The summed E-state index contributed by atoms with van der Waals surface area (Å²) in [5.74, 6) is -1.05. The molecule has 1 aromatic carbocycles. The van der Waals surface area contributed by atoms with E-state index in [1.54, 1.807) is 6.07 Å². The van der Waals surface area contributed by atoms with E-state index in [2.05, 4.69) is 24.0 Å². The van der Waals surface area contributed by atoms with E-state index >= 15 is 0 Å². The number of hydrogen-bond acceptors (Lipinski definition) is 3. The molecule has 1 heterocycles. The zero-order valence-corrected chi connectivity index (χ0v) is 13.1. The number of aromatic nitrogens is 2. The van der Waals surface area contributed by atoms with Crippen molar-refractivity contribution < 1.29 is 13.9 Å². The monoisotopic (exact) mass is 316 g/mol. The first kappa shape index (κ1) is 14.7. The second-order valence-electron chi connectivity index (χ2n) is 7.18. The van der Waals surface area contributed by atoms with Gasteiger partial charge in [-0.25, -0.2) is 8.78 Å². The van der Waals surface area contributed by atoms with Gasteiger partial charge in [-0.3, -0.25) is 0 Å². The van der Waals surface area contributed by atoms with Crippen molar-refractivity contribution in [1.29, 1.82) is 0 Å². The van der Waals surface area contributed by atoms with E-state index < -0.39 is 17.0 Å². The van der Waals surface area contributed by atoms with Crippen LogP contribution in [0.3, 0.4) is 0 Å². The second-order valence-corrected chi connectivity index (χ2v) is 7.18. The molecule has 2 aliphatic rings. The normalized spacial score (nSPS) is 27.3. The summed E-state index contributed by atoms with van der Waals surface area (Å²) in [7, 11) is 0. The zero-order chi connectivity index (χ0) is 16.4. The van der Waals surface area contributed by atoms with Crippen LogP contribution in [-0.4, -0.2) is 21.9 Å². The predicted octanol–water partition coefficient (Wildman–Crippen LogP) is 3.57. The molecule has 1 aromatic heterocycles. The van der Waals surface area contributed by atoms with Gasteiger partial charge in [0.1, 0.15) is 11.6 Å². The van der Waals surface area contributed by atoms with Crippen molar-refractivity contribution >= 4 is 0 Å². The first-order chi connectivity index (χ1) is 10.9. The highest BCUT2D eigenvalue weighted by Gasteiger charge is 2.63. The molecule has 2 bridgehead atoms. The van der Waals surface area contributed by atoms with Crippen molar-refractivity contribution in [1.82, 2.24) is 10.2 Å². The molecule has 0 spiro atoms. The Morgan fingerprint density at radius 2 is 1.91 bits per heavy atom. The standard InChI is InChI=1S/C18H18F2N2O/c1-17(2)11-6-7-18(17,9-23)16-10(11)8-14(21-22-16)15-12(19)4-3-5-13(15)20/h3-5,8,11,23H,6-7,9H2,1-2H3/t11-,18-/m1/s1. The van der Waals surface area contributed by atoms with Crippen LogP contribution in [0.5, 0.6) is 0 Å². The maximum Gasteiger partial charge on any atom is 0.135 e. The summed E-state index contributed by atoms with van der Waals surface area (Å²) in [5.41, 5.74) is 1.32. The molecule has 2 atom stereocenters. The van der Waals surface area contributed by atoms with Crippen molar-refractivity contribution in [3.63, 3.8) is 0 Å². The van der Waals surface area contributed by atoms with Gasteiger partial charge in [0.25, 0.3) is 0 Å². The van der Waals surface area contributed by atoms with Gasteiger partial charge in [-0.15, -0.1) is 0 Å². The lowest BCUT2D eigenvalue weighted by Gasteiger charge is -2.35. The maximum atomic E-state index is 14.0. The average Bonchev–Trinajstić information content (AvgIpc) is 2.88. The summed E-state index contributed by atoms with van der Waals surface area (Å²) in [6.07, 6.45) is 1.82. The molecular formula is C18H18F2N2O. The Morgan fingerprint density at radius 3 is 2.57 bits per heavy atom. The first-order valence-corrected chi connectivity index (χ1v) is 7.86. The van der Waals surface area contributed by atoms with Gasteiger partial charge in [0, 0.05) is 5.41 Å². The molecule has 0 amide bonds. The number of hydrogen-bond donors (Lipinski definition) is 1. The van der Waals surface area contributed by atoms with Crippen LogP contribution in [-0.2, 0) is 5.41 Å². The molecule has 0 saturated heterocycles. The minimum atomic E-state index is -0.640. The third-order valence-electron chi connectivity index (χ3n) is 6.11. The minimum absolute atomic E-state index is 0.0194. The summed E-state index contributed by atoms with van der Waals surface area (Å²) in [5, 5.41) is 18.4. The molecule has 2 aliphatic carbocycles. The van der Waals surface area contributed by atoms with E-state index in [1.807, 2.05) is 0 Å². The van der Waals surface area contributed by atoms with Crippen LogP contribution in [0.25, 0.3) is 11.3 Å². The second kappa shape index (κ2) is 4.57. The highest BCUT2D eigenvalue weighted by molar-refractivity contribution is 5.63. The van der Waals surface area contributed by atoms with Crippen LogP contribution in [0.2, 0.25) is 0 Å². The van der Waals surface area contributed by atoms with E-state index in [0.717, 1.165) is 24.1 Å². The van der Waals surface area contributed by atoms with Crippen molar-refractivity contribution in [2.45, 2.75) is 38.0 Å². The van der Waals surface area contributed by atoms with Crippen LogP contribution < -0.4 is 0 Å². The number of rotatable bonds is 2. The number of fused-ring (bicyclic) bond motifs is 5. The molecule has 0 radical (unpaired) electrons. The third-order valence-corrected chi connectivity index (χ3v) is 6.11. The summed E-state index contributed by atoms with van der Waals surface area (Å²) < 4.78 is 28.0. The van der Waals surface area contributed by atoms with Gasteiger partial charge in [0.2, 0.25) is 0 Å². The van der Waals surface area contributed by atoms with E-state index in [-0.39, 0.29) is 29.2 Å². The molecule has 5 heteroatoms. The summed E-state index contributed by atoms with van der Waals surface area (Å²) >= 11 is 0. The lowest BCUT2D eigenvalue weighted by atomic mass is 9.69. The van der Waals surface area contributed by atoms with Crippen molar-refractivity contribution in [3.05, 3.63) is 47.2 Å². The van der Waals surface area contributed by atoms with Gasteiger partial charge in [0.05, 0.1) is 23.6 Å². The first-order valence-electron chi connectivity index (χ1n) is 7.86. The number of aliphatic hydroxyl groups is 1. The minimum Gasteiger partial charge on any atom is -0.395 e. The summed E-state index contributed by atoms with van der Waals surface area (Å²) in [4.78, 5) is 0. The number of nitrogens with zero attached hydrogens (tertiary/aromatic N) is 2. The van der Waals surface area contributed by atoms with Crippen LogP contribution in [0.1, 0.15) is 43.9 Å². The Kier molecular flexibility index (Phi) is 2.92. The van der Waals surface area contributed by atoms with Crippen molar-refractivity contribution in [2.24, 2.45) is 5.41 Å². The Hall–Kier alpha value is -1.88. The van der Waals surface area contributed by atoms with Crippen LogP contribution in [0.15, 0.2) is 24.3 Å². The molecule has 1 fully saturated rings. The lowest BCUT2D eigenvalue weighted by molar-refractivity contribution is 0.107. The van der Waals surface area contributed by atoms with Gasteiger partial charge < -0.3 is 5.11 Å². The Morgan fingerprint density at radius 1 is 1.22 bits per heavy atom. The molecule has 3 nitrogen and oxygen atoms in total. The van der Waals surface area contributed by atoms with Crippen molar-refractivity contribution in [3.8, 4) is 11.3 Å². The molecule has 2 aromatic rings. The zero-order valence-electron chi connectivity index (χ0n) is 13.1. The highest BCUT2D eigenvalue weighted by Crippen LogP contribution is 2.67. The average molecular weight is 316 g/mol. The SMILES string of the molecule is CC1(C)[C@@H]2CC[C@@]1(CO)c1nnc(-c3c(F)cccc3F)cc12. The predicted molar refractivity (Wildman–Crippen MR) is 81.9 cm³/mol. The molecule has 23 heavy (non-hydrogen) atoms. The van der Waals surface area contributed by atoms with E-state index in [1.165, 1.54) is 18.2 Å². The number of benzene rings is 1. The molecular weight excluding hydrogens is 298 g/mol. The lowest BCUT2D eigenvalue weighted by Crippen LogP contribution is -2.39. The number of aliphatic hydroxyl groups excluding tert-OH is 1. The summed E-state index contributed by atoms with van der Waals surface area (Å²) in [6.45, 7) is 4.28. The fourth-order valence-corrected chi connectivity index (χ4v) is 4.64. The van der Waals surface area contributed by atoms with Crippen LogP contribution in [0, 0.1) is 17.0 Å². The molecule has 120 valence electrons. The summed E-state index contributed by atoms with van der Waals surface area (Å²) in [6, 6.07) is 5.53. The highest BCUT2D eigenvalue weighted by atomic mass is 19.1. The van der Waals surface area contributed by atoms with Crippen molar-refractivity contribution in [2.75, 3.05) is 6.61 Å². The Labute approximate surface area is 133 Å². The topological polar surface area (TPSA) is 46.0 Å². The molecule has 1 saturated carbocycles. The van der Waals surface area contributed by atoms with Gasteiger partial charge in [-0.05, 0) is 47.9 Å². The van der Waals surface area contributed by atoms with E-state index in [9.17, 15) is 13.9 Å². The van der Waals surface area contributed by atoms with E-state index in [4.69, 9.17) is 0 Å². The van der Waals surface area contributed by atoms with Crippen LogP contribution >= 0.6 is 0 Å². The van der Waals surface area contributed by atoms with Gasteiger partial charge in [-0.1, -0.05) is 19.9 Å². The molecule has 0 aliphatic heterocycles. The third kappa shape index (κ3) is 1.66. The van der Waals surface area contributed by atoms with Gasteiger partial charge in [-0.2, -0.15) is 10.2 Å². The fraction of sp³-hybridized carbons (Fsp3) is 0.444. The Balaban J connectivity index is 1.92. The maximum absolute atomic E-state index is 14.0. The largest absolute Gasteiger partial charge is 0.395 e. The molecule has 1 N–H and O–H groups in total. The van der Waals surface area contributed by atoms with Gasteiger partial charge >= 0.3 is 0 Å². The fourth-order valence-electron chi connectivity index (χ4n) is 4.64. The quantitative estimate of drug-likeness (QED) is 0.921. The molecule has 0 unspecified atom stereocenters. The molecule has 4 rings (SSSR count). The van der Waals surface area contributed by atoms with E-state index in [0.29, 0.717) is 0 Å². The van der Waals surface area contributed by atoms with Crippen LogP contribution in [0.4, 0.5) is 8.78 Å². The Bertz CT molecular complexity index is 785. The number of halogens is 2. The van der Waals surface area contributed by atoms with Gasteiger partial charge in [0.15, 0.2) is 0 Å². The smallest absolute Gasteiger partial charge is 0.135 e.